The predicted octanol–water partition coefficient (Wildman–Crippen LogP) is 4.56. The zero-order valence-electron chi connectivity index (χ0n) is 23.3. The number of anilines is 1. The molecule has 1 amide bonds. The molecule has 0 radical (unpaired) electrons. The summed E-state index contributed by atoms with van der Waals surface area (Å²) in [4.78, 5) is 26.4. The van der Waals surface area contributed by atoms with Gasteiger partial charge in [-0.25, -0.2) is 0 Å². The van der Waals surface area contributed by atoms with Crippen molar-refractivity contribution in [3.05, 3.63) is 84.9 Å². The maximum absolute atomic E-state index is 14.2. The molecule has 3 aromatic carbocycles. The Labute approximate surface area is 238 Å². The number of nitrogens with zero attached hydrogens (tertiary/aromatic N) is 1. The van der Waals surface area contributed by atoms with Gasteiger partial charge in [0, 0.05) is 6.54 Å². The molecule has 1 fully saturated rings. The van der Waals surface area contributed by atoms with Crippen LogP contribution < -0.4 is 25.5 Å². The molecule has 0 aliphatic carbocycles. The van der Waals surface area contributed by atoms with Gasteiger partial charge in [0.05, 0.1) is 18.7 Å². The van der Waals surface area contributed by atoms with Crippen LogP contribution in [-0.4, -0.2) is 46.3 Å². The van der Waals surface area contributed by atoms with E-state index in [1.807, 2.05) is 81.4 Å². The fourth-order valence-corrected chi connectivity index (χ4v) is 9.52. The number of hydrogen-bond donors (Lipinski definition) is 1. The summed E-state index contributed by atoms with van der Waals surface area (Å²) in [5.74, 6) is -1.98. The second-order valence-corrected chi connectivity index (χ2v) is 15.0. The molecule has 0 aromatic heterocycles. The van der Waals surface area contributed by atoms with Crippen LogP contribution in [0.3, 0.4) is 0 Å². The number of methoxy groups -OCH3 is 1. The maximum atomic E-state index is 14.2. The van der Waals surface area contributed by atoms with Gasteiger partial charge in [-0.1, -0.05) is 81.4 Å². The average molecular weight is 587 g/mol. The SMILES string of the molecule is COC(=O)[C@@H]1C[C@@H](C(=O)N(O[Si](c2ccccc2)(c2ccccc2)C(C)(C)C)c2ccc(OC(F)(F)F)cc2)CN1. The van der Waals surface area contributed by atoms with Crippen molar-refractivity contribution in [2.24, 2.45) is 5.92 Å². The fraction of sp³-hybridized carbons (Fsp3) is 0.333. The van der Waals surface area contributed by atoms with Gasteiger partial charge in [0.15, 0.2) is 0 Å². The number of benzene rings is 3. The summed E-state index contributed by atoms with van der Waals surface area (Å²) in [5.41, 5.74) is 0.235. The number of esters is 1. The predicted molar refractivity (Wildman–Crippen MR) is 151 cm³/mol. The Morgan fingerprint density at radius 1 is 0.878 bits per heavy atom. The van der Waals surface area contributed by atoms with E-state index in [0.29, 0.717) is 0 Å². The molecule has 4 rings (SSSR count). The molecule has 41 heavy (non-hydrogen) atoms. The monoisotopic (exact) mass is 586 g/mol. The van der Waals surface area contributed by atoms with Crippen molar-refractivity contribution in [3.8, 4) is 5.75 Å². The number of carbonyl (C=O) groups is 2. The molecule has 1 saturated heterocycles. The summed E-state index contributed by atoms with van der Waals surface area (Å²) in [6.45, 7) is 6.35. The summed E-state index contributed by atoms with van der Waals surface area (Å²) in [6.07, 6.45) is -4.68. The second-order valence-electron chi connectivity index (χ2n) is 10.8. The number of hydrogen-bond acceptors (Lipinski definition) is 6. The van der Waals surface area contributed by atoms with Gasteiger partial charge < -0.3 is 19.3 Å². The number of nitrogens with one attached hydrogen (secondary N) is 1. The molecule has 218 valence electrons. The first-order valence-corrected chi connectivity index (χ1v) is 15.1. The third-order valence-corrected chi connectivity index (χ3v) is 12.0. The van der Waals surface area contributed by atoms with Gasteiger partial charge in [0.2, 0.25) is 0 Å². The zero-order valence-corrected chi connectivity index (χ0v) is 24.3. The Hall–Kier alpha value is -3.67. The number of carbonyl (C=O) groups excluding carboxylic acids is 2. The highest BCUT2D eigenvalue weighted by molar-refractivity contribution is 6.99. The van der Waals surface area contributed by atoms with Gasteiger partial charge in [-0.3, -0.25) is 9.59 Å². The van der Waals surface area contributed by atoms with E-state index < -0.39 is 49.3 Å². The molecule has 1 N–H and O–H groups in total. The molecule has 0 unspecified atom stereocenters. The lowest BCUT2D eigenvalue weighted by Crippen LogP contribution is -2.69. The largest absolute Gasteiger partial charge is 0.573 e. The minimum absolute atomic E-state index is 0.182. The number of amides is 1. The summed E-state index contributed by atoms with van der Waals surface area (Å²) >= 11 is 0. The van der Waals surface area contributed by atoms with E-state index in [1.54, 1.807) is 0 Å². The van der Waals surface area contributed by atoms with Crippen LogP contribution in [0.15, 0.2) is 84.9 Å². The number of rotatable bonds is 8. The van der Waals surface area contributed by atoms with Crippen LogP contribution >= 0.6 is 0 Å². The third kappa shape index (κ3) is 6.63. The Morgan fingerprint density at radius 3 is 1.88 bits per heavy atom. The van der Waals surface area contributed by atoms with E-state index in [4.69, 9.17) is 9.26 Å². The lowest BCUT2D eigenvalue weighted by molar-refractivity contribution is -0.274. The van der Waals surface area contributed by atoms with Crippen molar-refractivity contribution in [1.82, 2.24) is 5.32 Å². The van der Waals surface area contributed by atoms with Crippen molar-refractivity contribution in [1.29, 1.82) is 0 Å². The van der Waals surface area contributed by atoms with Gasteiger partial charge in [0.1, 0.15) is 11.8 Å². The standard InChI is InChI=1S/C30H33F3N2O5Si/c1-29(2,3)41(24-11-7-5-8-12-24,25-13-9-6-10-14-25)40-35(22-15-17-23(18-16-22)39-30(31,32)33)27(36)21-19-26(34-20-21)28(37)38-4/h5-18,21,26,34H,19-20H2,1-4H3/t21-,26+/m1/s1. The quantitative estimate of drug-likeness (QED) is 0.237. The van der Waals surface area contributed by atoms with Crippen molar-refractivity contribution >= 4 is 36.3 Å². The topological polar surface area (TPSA) is 77.1 Å². The van der Waals surface area contributed by atoms with E-state index in [2.05, 4.69) is 10.1 Å². The molecular weight excluding hydrogens is 553 g/mol. The maximum Gasteiger partial charge on any atom is 0.573 e. The summed E-state index contributed by atoms with van der Waals surface area (Å²) < 4.78 is 54.4. The minimum Gasteiger partial charge on any atom is -0.468 e. The molecule has 1 aliphatic heterocycles. The zero-order chi connectivity index (χ0) is 29.8. The van der Waals surface area contributed by atoms with Crippen molar-refractivity contribution in [3.63, 3.8) is 0 Å². The molecule has 0 bridgehead atoms. The molecule has 0 saturated carbocycles. The second kappa shape index (κ2) is 12.1. The van der Waals surface area contributed by atoms with Gasteiger partial charge >= 0.3 is 12.3 Å². The van der Waals surface area contributed by atoms with Crippen molar-refractivity contribution < 1.29 is 36.8 Å². The first-order chi connectivity index (χ1) is 19.4. The number of hydroxylamine groups is 1. The molecule has 11 heteroatoms. The first kappa shape index (κ1) is 30.3. The summed E-state index contributed by atoms with van der Waals surface area (Å²) in [5, 5.41) is 5.53. The first-order valence-electron chi connectivity index (χ1n) is 13.2. The van der Waals surface area contributed by atoms with Crippen LogP contribution in [-0.2, 0) is 18.9 Å². The minimum atomic E-state index is -4.86. The van der Waals surface area contributed by atoms with Crippen molar-refractivity contribution in [2.75, 3.05) is 18.7 Å². The van der Waals surface area contributed by atoms with Gasteiger partial charge in [-0.15, -0.1) is 13.2 Å². The molecule has 3 aromatic rings. The van der Waals surface area contributed by atoms with E-state index in [0.717, 1.165) is 22.5 Å². The van der Waals surface area contributed by atoms with E-state index in [1.165, 1.54) is 24.3 Å². The van der Waals surface area contributed by atoms with Crippen LogP contribution in [0.4, 0.5) is 18.9 Å². The van der Waals surface area contributed by atoms with E-state index in [9.17, 15) is 22.8 Å². The average Bonchev–Trinajstić information content (AvgIpc) is 3.44. The Bertz CT molecular complexity index is 1290. The molecule has 2 atom stereocenters. The Balaban J connectivity index is 1.84. The number of halogens is 3. The van der Waals surface area contributed by atoms with Crippen LogP contribution in [0.1, 0.15) is 27.2 Å². The highest BCUT2D eigenvalue weighted by atomic mass is 28.4. The number of ether oxygens (including phenoxy) is 2. The Morgan fingerprint density at radius 2 is 1.41 bits per heavy atom. The van der Waals surface area contributed by atoms with Crippen LogP contribution in [0, 0.1) is 5.92 Å². The molecule has 0 spiro atoms. The smallest absolute Gasteiger partial charge is 0.468 e. The lowest BCUT2D eigenvalue weighted by atomic mass is 10.0. The van der Waals surface area contributed by atoms with Crippen LogP contribution in [0.5, 0.6) is 5.75 Å². The van der Waals surface area contributed by atoms with Crippen molar-refractivity contribution in [2.45, 2.75) is 44.6 Å². The van der Waals surface area contributed by atoms with Gasteiger partial charge in [-0.05, 0) is 46.1 Å². The fourth-order valence-electron chi connectivity index (χ4n) is 5.18. The summed E-state index contributed by atoms with van der Waals surface area (Å²) in [7, 11) is -2.04. The molecular formula is C30H33F3N2O5Si. The van der Waals surface area contributed by atoms with E-state index in [-0.39, 0.29) is 18.7 Å². The van der Waals surface area contributed by atoms with E-state index >= 15 is 0 Å². The van der Waals surface area contributed by atoms with Gasteiger partial charge in [-0.2, -0.15) is 5.06 Å². The highest BCUT2D eigenvalue weighted by Gasteiger charge is 2.54. The molecule has 1 aliphatic rings. The lowest BCUT2D eigenvalue weighted by Gasteiger charge is -2.45. The Kier molecular flexibility index (Phi) is 8.91. The molecule has 7 nitrogen and oxygen atoms in total. The number of alkyl halides is 3. The summed E-state index contributed by atoms with van der Waals surface area (Å²) in [6, 6.07) is 23.7. The van der Waals surface area contributed by atoms with Crippen LogP contribution in [0.25, 0.3) is 0 Å². The van der Waals surface area contributed by atoms with Crippen LogP contribution in [0.2, 0.25) is 5.04 Å². The normalized spacial score (nSPS) is 17.6. The van der Waals surface area contributed by atoms with Gasteiger partial charge in [0.25, 0.3) is 14.2 Å². The molecule has 1 heterocycles. The highest BCUT2D eigenvalue weighted by Crippen LogP contribution is 2.39. The third-order valence-electron chi connectivity index (χ3n) is 7.12.